The van der Waals surface area contributed by atoms with Crippen molar-refractivity contribution >= 4 is 5.91 Å². The van der Waals surface area contributed by atoms with Crippen molar-refractivity contribution in [2.24, 2.45) is 0 Å². The number of ether oxygens (including phenoxy) is 1. The molecular weight excluding hydrogens is 218 g/mol. The van der Waals surface area contributed by atoms with Gasteiger partial charge in [0.05, 0.1) is 19.3 Å². The van der Waals surface area contributed by atoms with Crippen LogP contribution in [0.3, 0.4) is 0 Å². The van der Waals surface area contributed by atoms with Crippen LogP contribution >= 0.6 is 0 Å². The summed E-state index contributed by atoms with van der Waals surface area (Å²) in [5, 5.41) is 6.15. The number of morpholine rings is 1. The first kappa shape index (κ1) is 14.4. The molecule has 1 saturated heterocycles. The second kappa shape index (κ2) is 7.63. The number of nitrogens with one attached hydrogen (secondary N) is 2. The van der Waals surface area contributed by atoms with Gasteiger partial charge in [0.1, 0.15) is 0 Å². The van der Waals surface area contributed by atoms with Crippen LogP contribution in [0.1, 0.15) is 20.8 Å². The van der Waals surface area contributed by atoms with Crippen LogP contribution in [0.2, 0.25) is 0 Å². The van der Waals surface area contributed by atoms with Crippen molar-refractivity contribution in [1.82, 2.24) is 15.5 Å². The van der Waals surface area contributed by atoms with Gasteiger partial charge in [-0.1, -0.05) is 6.92 Å². The summed E-state index contributed by atoms with van der Waals surface area (Å²) in [6.07, 6.45) is 0.179. The number of rotatable bonds is 6. The molecule has 0 aromatic carbocycles. The molecule has 5 heteroatoms. The van der Waals surface area contributed by atoms with Crippen molar-refractivity contribution < 1.29 is 9.53 Å². The average molecular weight is 243 g/mol. The standard InChI is InChI=1S/C12H25N3O2/c1-4-14-12(16)9-15(5-2)10(3)11-8-13-6-7-17-11/h10-11,13H,4-9H2,1-3H3,(H,14,16). The van der Waals surface area contributed by atoms with E-state index in [-0.39, 0.29) is 18.1 Å². The predicted molar refractivity (Wildman–Crippen MR) is 68.0 cm³/mol. The lowest BCUT2D eigenvalue weighted by Crippen LogP contribution is -2.53. The van der Waals surface area contributed by atoms with E-state index in [1.807, 2.05) is 6.92 Å². The molecule has 2 atom stereocenters. The minimum atomic E-state index is 0.0879. The van der Waals surface area contributed by atoms with Crippen molar-refractivity contribution in [3.05, 3.63) is 0 Å². The second-order valence-corrected chi connectivity index (χ2v) is 4.37. The van der Waals surface area contributed by atoms with Gasteiger partial charge in [-0.15, -0.1) is 0 Å². The summed E-state index contributed by atoms with van der Waals surface area (Å²) in [6.45, 7) is 10.7. The fraction of sp³-hybridized carbons (Fsp3) is 0.917. The SMILES string of the molecule is CCNC(=O)CN(CC)C(C)C1CNCCO1. The summed E-state index contributed by atoms with van der Waals surface area (Å²) in [5.74, 6) is 0.0879. The first-order valence-electron chi connectivity index (χ1n) is 6.52. The van der Waals surface area contributed by atoms with E-state index in [1.165, 1.54) is 0 Å². The maximum atomic E-state index is 11.6. The number of hydrogen-bond donors (Lipinski definition) is 2. The highest BCUT2D eigenvalue weighted by Crippen LogP contribution is 2.09. The van der Waals surface area contributed by atoms with Crippen LogP contribution in [0, 0.1) is 0 Å². The maximum Gasteiger partial charge on any atom is 0.234 e. The van der Waals surface area contributed by atoms with E-state index in [4.69, 9.17) is 4.74 Å². The van der Waals surface area contributed by atoms with Crippen LogP contribution in [0.25, 0.3) is 0 Å². The molecule has 17 heavy (non-hydrogen) atoms. The van der Waals surface area contributed by atoms with Gasteiger partial charge in [-0.2, -0.15) is 0 Å². The molecular formula is C12H25N3O2. The lowest BCUT2D eigenvalue weighted by Gasteiger charge is -2.35. The zero-order chi connectivity index (χ0) is 12.7. The Morgan fingerprint density at radius 2 is 2.35 bits per heavy atom. The molecule has 1 heterocycles. The van der Waals surface area contributed by atoms with Crippen LogP contribution in [0.15, 0.2) is 0 Å². The Morgan fingerprint density at radius 1 is 1.59 bits per heavy atom. The molecule has 1 aliphatic heterocycles. The normalized spacial score (nSPS) is 22.5. The Bertz CT molecular complexity index is 230. The van der Waals surface area contributed by atoms with E-state index >= 15 is 0 Å². The first-order chi connectivity index (χ1) is 8.19. The molecule has 1 amide bonds. The molecule has 2 unspecified atom stereocenters. The van der Waals surface area contributed by atoms with E-state index in [2.05, 4.69) is 29.4 Å². The van der Waals surface area contributed by atoms with Crippen LogP contribution in [-0.4, -0.2) is 62.3 Å². The van der Waals surface area contributed by atoms with Crippen LogP contribution in [0.4, 0.5) is 0 Å². The van der Waals surface area contributed by atoms with Gasteiger partial charge in [0.2, 0.25) is 5.91 Å². The highest BCUT2D eigenvalue weighted by atomic mass is 16.5. The first-order valence-corrected chi connectivity index (χ1v) is 6.52. The van der Waals surface area contributed by atoms with Gasteiger partial charge in [0.25, 0.3) is 0 Å². The van der Waals surface area contributed by atoms with Crippen LogP contribution in [-0.2, 0) is 9.53 Å². The van der Waals surface area contributed by atoms with Gasteiger partial charge < -0.3 is 15.4 Å². The zero-order valence-electron chi connectivity index (χ0n) is 11.2. The molecule has 0 aromatic heterocycles. The predicted octanol–water partition coefficient (Wildman–Crippen LogP) is -0.179. The van der Waals surface area contributed by atoms with Gasteiger partial charge in [0.15, 0.2) is 0 Å². The average Bonchev–Trinajstić information content (AvgIpc) is 2.36. The third kappa shape index (κ3) is 4.61. The third-order valence-corrected chi connectivity index (χ3v) is 3.20. The fourth-order valence-electron chi connectivity index (χ4n) is 2.11. The fourth-order valence-corrected chi connectivity index (χ4v) is 2.11. The summed E-state index contributed by atoms with van der Waals surface area (Å²) in [6, 6.07) is 0.260. The van der Waals surface area contributed by atoms with Crippen LogP contribution < -0.4 is 10.6 Å². The molecule has 0 bridgehead atoms. The number of carbonyl (C=O) groups is 1. The van der Waals surface area contributed by atoms with E-state index < -0.39 is 0 Å². The second-order valence-electron chi connectivity index (χ2n) is 4.37. The minimum absolute atomic E-state index is 0.0879. The largest absolute Gasteiger partial charge is 0.374 e. The van der Waals surface area contributed by atoms with E-state index in [9.17, 15) is 4.79 Å². The molecule has 5 nitrogen and oxygen atoms in total. The monoisotopic (exact) mass is 243 g/mol. The summed E-state index contributed by atoms with van der Waals surface area (Å²) in [5.41, 5.74) is 0. The minimum Gasteiger partial charge on any atom is -0.374 e. The molecule has 100 valence electrons. The summed E-state index contributed by atoms with van der Waals surface area (Å²) in [4.78, 5) is 13.7. The Labute approximate surface area is 104 Å². The number of carbonyl (C=O) groups excluding carboxylic acids is 1. The Balaban J connectivity index is 2.44. The Morgan fingerprint density at radius 3 is 2.88 bits per heavy atom. The zero-order valence-corrected chi connectivity index (χ0v) is 11.2. The Kier molecular flexibility index (Phi) is 6.47. The van der Waals surface area contributed by atoms with Gasteiger partial charge in [-0.25, -0.2) is 0 Å². The van der Waals surface area contributed by atoms with Crippen LogP contribution in [0.5, 0.6) is 0 Å². The van der Waals surface area contributed by atoms with Gasteiger partial charge in [0, 0.05) is 25.7 Å². The summed E-state index contributed by atoms with van der Waals surface area (Å²) < 4.78 is 5.73. The molecule has 1 aliphatic rings. The van der Waals surface area contributed by atoms with E-state index in [0.29, 0.717) is 13.1 Å². The summed E-state index contributed by atoms with van der Waals surface area (Å²) >= 11 is 0. The smallest absolute Gasteiger partial charge is 0.234 e. The number of amides is 1. The number of hydrogen-bond acceptors (Lipinski definition) is 4. The lowest BCUT2D eigenvalue weighted by atomic mass is 10.1. The molecule has 0 aliphatic carbocycles. The van der Waals surface area contributed by atoms with E-state index in [0.717, 1.165) is 26.2 Å². The van der Waals surface area contributed by atoms with Crippen molar-refractivity contribution in [3.63, 3.8) is 0 Å². The van der Waals surface area contributed by atoms with Gasteiger partial charge >= 0.3 is 0 Å². The highest BCUT2D eigenvalue weighted by Gasteiger charge is 2.26. The molecule has 0 radical (unpaired) electrons. The van der Waals surface area contributed by atoms with Gasteiger partial charge in [-0.05, 0) is 20.4 Å². The van der Waals surface area contributed by atoms with Crippen molar-refractivity contribution in [1.29, 1.82) is 0 Å². The third-order valence-electron chi connectivity index (χ3n) is 3.20. The molecule has 2 N–H and O–H groups in total. The molecule has 1 fully saturated rings. The van der Waals surface area contributed by atoms with Crippen molar-refractivity contribution in [2.45, 2.75) is 32.9 Å². The molecule has 1 rings (SSSR count). The Hall–Kier alpha value is -0.650. The lowest BCUT2D eigenvalue weighted by molar-refractivity contribution is -0.123. The molecule has 0 saturated carbocycles. The highest BCUT2D eigenvalue weighted by molar-refractivity contribution is 5.77. The molecule has 0 spiro atoms. The topological polar surface area (TPSA) is 53.6 Å². The van der Waals surface area contributed by atoms with E-state index in [1.54, 1.807) is 0 Å². The number of nitrogens with zero attached hydrogens (tertiary/aromatic N) is 1. The summed E-state index contributed by atoms with van der Waals surface area (Å²) in [7, 11) is 0. The van der Waals surface area contributed by atoms with Crippen molar-refractivity contribution in [2.75, 3.05) is 39.3 Å². The molecule has 0 aromatic rings. The van der Waals surface area contributed by atoms with Gasteiger partial charge in [-0.3, -0.25) is 9.69 Å². The number of likely N-dealkylation sites (N-methyl/N-ethyl adjacent to an activating group) is 2. The maximum absolute atomic E-state index is 11.6. The quantitative estimate of drug-likeness (QED) is 0.679. The van der Waals surface area contributed by atoms with Crippen molar-refractivity contribution in [3.8, 4) is 0 Å².